The number of nitrogens with one attached hydrogen (secondary N) is 1. The van der Waals surface area contributed by atoms with E-state index in [4.69, 9.17) is 16.3 Å². The molecule has 1 saturated carbocycles. The average molecular weight is 252 g/mol. The van der Waals surface area contributed by atoms with Crippen LogP contribution in [0.25, 0.3) is 0 Å². The number of hydrogen-bond acceptors (Lipinski definition) is 2. The molecule has 0 bridgehead atoms. The highest BCUT2D eigenvalue weighted by Gasteiger charge is 2.41. The molecule has 17 heavy (non-hydrogen) atoms. The molecule has 1 unspecified atom stereocenters. The fourth-order valence-electron chi connectivity index (χ4n) is 2.46. The van der Waals surface area contributed by atoms with Gasteiger partial charge in [-0.25, -0.2) is 0 Å². The van der Waals surface area contributed by atoms with Gasteiger partial charge in [0.15, 0.2) is 0 Å². The Balaban J connectivity index is 1.68. The van der Waals surface area contributed by atoms with Crippen LogP contribution in [-0.4, -0.2) is 24.6 Å². The number of ether oxygens (including phenoxy) is 1. The van der Waals surface area contributed by atoms with Crippen LogP contribution in [0.3, 0.4) is 0 Å². The van der Waals surface area contributed by atoms with Gasteiger partial charge in [0, 0.05) is 18.0 Å². The van der Waals surface area contributed by atoms with Crippen molar-refractivity contribution in [2.24, 2.45) is 0 Å². The molecule has 2 nitrogen and oxygen atoms in total. The molecule has 3 heteroatoms. The standard InChI is InChI=1S/C14H18ClNO/c15-10-14(6-7-14)16-9-13-12-4-2-1-3-11(12)5-8-17-13/h1-4,13,16H,5-10H2. The molecule has 1 aliphatic carbocycles. The van der Waals surface area contributed by atoms with Crippen LogP contribution in [0, 0.1) is 0 Å². The van der Waals surface area contributed by atoms with Gasteiger partial charge in [-0.3, -0.25) is 0 Å². The monoisotopic (exact) mass is 251 g/mol. The van der Waals surface area contributed by atoms with E-state index in [0.29, 0.717) is 5.88 Å². The third kappa shape index (κ3) is 2.35. The van der Waals surface area contributed by atoms with E-state index >= 15 is 0 Å². The second-order valence-electron chi connectivity index (χ2n) is 5.10. The molecule has 92 valence electrons. The number of rotatable bonds is 4. The van der Waals surface area contributed by atoms with Crippen molar-refractivity contribution >= 4 is 11.6 Å². The van der Waals surface area contributed by atoms with Crippen LogP contribution >= 0.6 is 11.6 Å². The SMILES string of the molecule is ClCC1(NCC2OCCc3ccccc32)CC1. The molecule has 0 radical (unpaired) electrons. The van der Waals surface area contributed by atoms with Gasteiger partial charge in [0.05, 0.1) is 12.7 Å². The fraction of sp³-hybridized carbons (Fsp3) is 0.571. The summed E-state index contributed by atoms with van der Waals surface area (Å²) in [6, 6.07) is 8.59. The van der Waals surface area contributed by atoms with Gasteiger partial charge in [-0.2, -0.15) is 0 Å². The summed E-state index contributed by atoms with van der Waals surface area (Å²) in [5.74, 6) is 0.710. The first-order valence-electron chi connectivity index (χ1n) is 6.33. The van der Waals surface area contributed by atoms with E-state index in [-0.39, 0.29) is 11.6 Å². The lowest BCUT2D eigenvalue weighted by molar-refractivity contribution is 0.0404. The largest absolute Gasteiger partial charge is 0.372 e. The zero-order valence-electron chi connectivity index (χ0n) is 9.92. The van der Waals surface area contributed by atoms with Crippen molar-refractivity contribution in [2.75, 3.05) is 19.0 Å². The van der Waals surface area contributed by atoms with Gasteiger partial charge in [0.1, 0.15) is 0 Å². The number of fused-ring (bicyclic) bond motifs is 1. The van der Waals surface area contributed by atoms with Gasteiger partial charge in [0.25, 0.3) is 0 Å². The summed E-state index contributed by atoms with van der Waals surface area (Å²) in [5.41, 5.74) is 2.98. The van der Waals surface area contributed by atoms with Crippen LogP contribution in [0.2, 0.25) is 0 Å². The summed E-state index contributed by atoms with van der Waals surface area (Å²) < 4.78 is 5.87. The molecule has 0 aromatic heterocycles. The molecule has 0 saturated heterocycles. The summed E-state index contributed by atoms with van der Waals surface area (Å²) in [6.45, 7) is 1.71. The van der Waals surface area contributed by atoms with Crippen LogP contribution in [0.5, 0.6) is 0 Å². The van der Waals surface area contributed by atoms with Gasteiger partial charge >= 0.3 is 0 Å². The van der Waals surface area contributed by atoms with Crippen molar-refractivity contribution in [1.82, 2.24) is 5.32 Å². The molecule has 1 aliphatic heterocycles. The van der Waals surface area contributed by atoms with Gasteiger partial charge in [0.2, 0.25) is 0 Å². The minimum Gasteiger partial charge on any atom is -0.372 e. The Kier molecular flexibility index (Phi) is 3.12. The number of alkyl halides is 1. The first-order chi connectivity index (χ1) is 8.33. The summed E-state index contributed by atoms with van der Waals surface area (Å²) in [4.78, 5) is 0. The fourth-order valence-corrected chi connectivity index (χ4v) is 2.83. The topological polar surface area (TPSA) is 21.3 Å². The van der Waals surface area contributed by atoms with Gasteiger partial charge < -0.3 is 10.1 Å². The molecule has 2 aliphatic rings. The quantitative estimate of drug-likeness (QED) is 0.831. The highest BCUT2D eigenvalue weighted by atomic mass is 35.5. The number of benzene rings is 1. The third-order valence-corrected chi connectivity index (χ3v) is 4.38. The zero-order chi connectivity index (χ0) is 11.7. The van der Waals surface area contributed by atoms with Crippen LogP contribution < -0.4 is 5.32 Å². The summed E-state index contributed by atoms with van der Waals surface area (Å²) >= 11 is 5.97. The molecule has 1 atom stereocenters. The van der Waals surface area contributed by atoms with E-state index in [9.17, 15) is 0 Å². The first kappa shape index (κ1) is 11.5. The zero-order valence-corrected chi connectivity index (χ0v) is 10.7. The van der Waals surface area contributed by atoms with Crippen molar-refractivity contribution < 1.29 is 4.74 Å². The molecule has 1 aromatic rings. The number of halogens is 1. The van der Waals surface area contributed by atoms with Crippen LogP contribution in [0.15, 0.2) is 24.3 Å². The molecule has 0 amide bonds. The van der Waals surface area contributed by atoms with Crippen molar-refractivity contribution in [2.45, 2.75) is 30.9 Å². The normalized spacial score (nSPS) is 25.4. The lowest BCUT2D eigenvalue weighted by atomic mass is 9.97. The minimum absolute atomic E-state index is 0.195. The van der Waals surface area contributed by atoms with Gasteiger partial charge in [-0.15, -0.1) is 11.6 Å². The molecular weight excluding hydrogens is 234 g/mol. The molecule has 1 heterocycles. The van der Waals surface area contributed by atoms with Crippen molar-refractivity contribution in [3.05, 3.63) is 35.4 Å². The lowest BCUT2D eigenvalue weighted by Gasteiger charge is -2.28. The maximum atomic E-state index is 5.97. The van der Waals surface area contributed by atoms with Gasteiger partial charge in [-0.05, 0) is 30.4 Å². The highest BCUT2D eigenvalue weighted by Crippen LogP contribution is 2.37. The predicted octanol–water partition coefficient (Wildman–Crippen LogP) is 2.66. The van der Waals surface area contributed by atoms with E-state index < -0.39 is 0 Å². The van der Waals surface area contributed by atoms with E-state index in [1.165, 1.54) is 24.0 Å². The first-order valence-corrected chi connectivity index (χ1v) is 6.87. The van der Waals surface area contributed by atoms with Crippen molar-refractivity contribution in [3.8, 4) is 0 Å². The average Bonchev–Trinajstić information content (AvgIpc) is 3.17. The van der Waals surface area contributed by atoms with E-state index in [2.05, 4.69) is 29.6 Å². The third-order valence-electron chi connectivity index (χ3n) is 3.86. The Morgan fingerprint density at radius 3 is 2.94 bits per heavy atom. The Hall–Kier alpha value is -0.570. The Morgan fingerprint density at radius 2 is 2.18 bits per heavy atom. The van der Waals surface area contributed by atoms with E-state index in [1.807, 2.05) is 0 Å². The smallest absolute Gasteiger partial charge is 0.0952 e. The van der Waals surface area contributed by atoms with Crippen LogP contribution in [0.1, 0.15) is 30.1 Å². The maximum Gasteiger partial charge on any atom is 0.0952 e. The Bertz CT molecular complexity index is 403. The predicted molar refractivity (Wildman–Crippen MR) is 69.5 cm³/mol. The maximum absolute atomic E-state index is 5.97. The van der Waals surface area contributed by atoms with Crippen LogP contribution in [-0.2, 0) is 11.2 Å². The summed E-state index contributed by atoms with van der Waals surface area (Å²) in [6.07, 6.45) is 3.63. The second kappa shape index (κ2) is 4.60. The Labute approximate surface area is 107 Å². The van der Waals surface area contributed by atoms with Gasteiger partial charge in [-0.1, -0.05) is 24.3 Å². The molecule has 3 rings (SSSR count). The molecular formula is C14H18ClNO. The van der Waals surface area contributed by atoms with Crippen molar-refractivity contribution in [3.63, 3.8) is 0 Å². The Morgan fingerprint density at radius 1 is 1.35 bits per heavy atom. The molecule has 0 spiro atoms. The lowest BCUT2D eigenvalue weighted by Crippen LogP contribution is -2.37. The second-order valence-corrected chi connectivity index (χ2v) is 5.37. The summed E-state index contributed by atoms with van der Waals surface area (Å²) in [7, 11) is 0. The highest BCUT2D eigenvalue weighted by molar-refractivity contribution is 6.18. The molecule has 1 fully saturated rings. The summed E-state index contributed by atoms with van der Waals surface area (Å²) in [5, 5.41) is 3.57. The van der Waals surface area contributed by atoms with E-state index in [0.717, 1.165) is 19.6 Å². The molecule has 1 N–H and O–H groups in total. The van der Waals surface area contributed by atoms with Crippen molar-refractivity contribution in [1.29, 1.82) is 0 Å². The number of hydrogen-bond donors (Lipinski definition) is 1. The van der Waals surface area contributed by atoms with E-state index in [1.54, 1.807) is 0 Å². The van der Waals surface area contributed by atoms with Crippen LogP contribution in [0.4, 0.5) is 0 Å². The molecule has 1 aromatic carbocycles. The minimum atomic E-state index is 0.195.